The first-order valence-electron chi connectivity index (χ1n) is 7.39. The van der Waals surface area contributed by atoms with Crippen molar-refractivity contribution in [2.75, 3.05) is 5.32 Å². The van der Waals surface area contributed by atoms with Crippen molar-refractivity contribution in [3.8, 4) is 11.3 Å². The first-order chi connectivity index (χ1) is 12.0. The normalized spacial score (nSPS) is 10.5. The number of hydrogen-bond donors (Lipinski definition) is 1. The lowest BCUT2D eigenvalue weighted by molar-refractivity contribution is -0.116. The van der Waals surface area contributed by atoms with E-state index in [1.54, 1.807) is 0 Å². The lowest BCUT2D eigenvalue weighted by atomic mass is 10.1. The molecular formula is C18H13F2N3O2. The second kappa shape index (κ2) is 7.04. The summed E-state index contributed by atoms with van der Waals surface area (Å²) in [7, 11) is 0. The minimum atomic E-state index is -0.440. The van der Waals surface area contributed by atoms with Crippen molar-refractivity contribution in [1.82, 2.24) is 9.55 Å². The molecule has 0 aliphatic rings. The molecular weight excluding hydrogens is 328 g/mol. The van der Waals surface area contributed by atoms with E-state index < -0.39 is 17.3 Å². The van der Waals surface area contributed by atoms with Gasteiger partial charge < -0.3 is 5.32 Å². The highest BCUT2D eigenvalue weighted by Crippen LogP contribution is 2.15. The molecule has 1 amide bonds. The van der Waals surface area contributed by atoms with Crippen LogP contribution in [0, 0.1) is 11.6 Å². The summed E-state index contributed by atoms with van der Waals surface area (Å²) in [5.74, 6) is -1.23. The molecule has 1 aromatic heterocycles. The third-order valence-corrected chi connectivity index (χ3v) is 3.46. The number of nitrogens with one attached hydrogen (secondary N) is 1. The molecule has 1 N–H and O–H groups in total. The summed E-state index contributed by atoms with van der Waals surface area (Å²) in [4.78, 5) is 28.2. The van der Waals surface area contributed by atoms with Crippen LogP contribution in [0.4, 0.5) is 14.5 Å². The average molecular weight is 341 g/mol. The van der Waals surface area contributed by atoms with Crippen LogP contribution in [0.3, 0.4) is 0 Å². The SMILES string of the molecule is O=C(Cn1cnc(-c2ccc(F)cc2)cc1=O)Nc1ccc(F)cc1. The van der Waals surface area contributed by atoms with Gasteiger partial charge in [0.05, 0.1) is 12.0 Å². The van der Waals surface area contributed by atoms with Gasteiger partial charge in [-0.3, -0.25) is 14.2 Å². The van der Waals surface area contributed by atoms with Gasteiger partial charge in [0, 0.05) is 17.3 Å². The molecule has 5 nitrogen and oxygen atoms in total. The minimum absolute atomic E-state index is 0.229. The number of carbonyl (C=O) groups is 1. The highest BCUT2D eigenvalue weighted by Gasteiger charge is 2.08. The summed E-state index contributed by atoms with van der Waals surface area (Å²) >= 11 is 0. The number of nitrogens with zero attached hydrogens (tertiary/aromatic N) is 2. The van der Waals surface area contributed by atoms with Crippen LogP contribution in [0.5, 0.6) is 0 Å². The van der Waals surface area contributed by atoms with Gasteiger partial charge in [-0.2, -0.15) is 0 Å². The molecule has 3 aromatic rings. The van der Waals surface area contributed by atoms with Gasteiger partial charge in [0.1, 0.15) is 18.2 Å². The van der Waals surface area contributed by atoms with E-state index >= 15 is 0 Å². The van der Waals surface area contributed by atoms with Gasteiger partial charge in [0.25, 0.3) is 5.56 Å². The number of aromatic nitrogens is 2. The molecule has 0 radical (unpaired) electrons. The summed E-state index contributed by atoms with van der Waals surface area (Å²) in [6.45, 7) is -0.229. The predicted molar refractivity (Wildman–Crippen MR) is 88.9 cm³/mol. The zero-order valence-electron chi connectivity index (χ0n) is 12.9. The Bertz CT molecular complexity index is 951. The third kappa shape index (κ3) is 4.14. The fourth-order valence-electron chi connectivity index (χ4n) is 2.21. The summed E-state index contributed by atoms with van der Waals surface area (Å²) in [5.41, 5.74) is 1.00. The van der Waals surface area contributed by atoms with E-state index in [2.05, 4.69) is 10.3 Å². The quantitative estimate of drug-likeness (QED) is 0.794. The monoisotopic (exact) mass is 341 g/mol. The highest BCUT2D eigenvalue weighted by molar-refractivity contribution is 5.90. The number of hydrogen-bond acceptors (Lipinski definition) is 3. The predicted octanol–water partition coefficient (Wildman–Crippen LogP) is 2.83. The van der Waals surface area contributed by atoms with Gasteiger partial charge in [0.15, 0.2) is 0 Å². The lowest BCUT2D eigenvalue weighted by Crippen LogP contribution is -2.27. The molecule has 0 fully saturated rings. The Morgan fingerprint density at radius 2 is 1.60 bits per heavy atom. The first kappa shape index (κ1) is 16.5. The number of rotatable bonds is 4. The molecule has 25 heavy (non-hydrogen) atoms. The van der Waals surface area contributed by atoms with Crippen LogP contribution in [-0.4, -0.2) is 15.5 Å². The summed E-state index contributed by atoms with van der Waals surface area (Å²) in [5, 5.41) is 2.56. The minimum Gasteiger partial charge on any atom is -0.325 e. The van der Waals surface area contributed by atoms with Gasteiger partial charge in [-0.1, -0.05) is 0 Å². The van der Waals surface area contributed by atoms with Crippen molar-refractivity contribution in [1.29, 1.82) is 0 Å². The number of halogens is 2. The molecule has 3 rings (SSSR count). The molecule has 7 heteroatoms. The van der Waals surface area contributed by atoms with Gasteiger partial charge >= 0.3 is 0 Å². The molecule has 0 saturated carbocycles. The Morgan fingerprint density at radius 1 is 1.00 bits per heavy atom. The first-order valence-corrected chi connectivity index (χ1v) is 7.39. The summed E-state index contributed by atoms with van der Waals surface area (Å²) in [6.07, 6.45) is 1.26. The zero-order valence-corrected chi connectivity index (χ0v) is 12.9. The van der Waals surface area contributed by atoms with E-state index in [1.807, 2.05) is 0 Å². The van der Waals surface area contributed by atoms with Crippen LogP contribution in [0.25, 0.3) is 11.3 Å². The Balaban J connectivity index is 1.72. The number of benzene rings is 2. The van der Waals surface area contributed by atoms with Crippen LogP contribution in [0.2, 0.25) is 0 Å². The highest BCUT2D eigenvalue weighted by atomic mass is 19.1. The molecule has 0 bridgehead atoms. The van der Waals surface area contributed by atoms with E-state index in [1.165, 1.54) is 60.9 Å². The molecule has 0 aliphatic carbocycles. The van der Waals surface area contributed by atoms with Gasteiger partial charge in [-0.25, -0.2) is 13.8 Å². The maximum Gasteiger partial charge on any atom is 0.254 e. The van der Waals surface area contributed by atoms with Crippen molar-refractivity contribution in [3.63, 3.8) is 0 Å². The van der Waals surface area contributed by atoms with Crippen molar-refractivity contribution in [2.45, 2.75) is 6.54 Å². The molecule has 0 aliphatic heterocycles. The van der Waals surface area contributed by atoms with Crippen molar-refractivity contribution >= 4 is 11.6 Å². The molecule has 0 spiro atoms. The summed E-state index contributed by atoms with van der Waals surface area (Å²) in [6, 6.07) is 12.2. The van der Waals surface area contributed by atoms with E-state index in [0.29, 0.717) is 16.9 Å². The smallest absolute Gasteiger partial charge is 0.254 e. The number of anilines is 1. The molecule has 2 aromatic carbocycles. The van der Waals surface area contributed by atoms with E-state index in [0.717, 1.165) is 4.57 Å². The van der Waals surface area contributed by atoms with Gasteiger partial charge in [-0.15, -0.1) is 0 Å². The van der Waals surface area contributed by atoms with E-state index in [-0.39, 0.29) is 12.4 Å². The van der Waals surface area contributed by atoms with Gasteiger partial charge in [0.2, 0.25) is 5.91 Å². The van der Waals surface area contributed by atoms with E-state index in [9.17, 15) is 18.4 Å². The molecule has 0 saturated heterocycles. The standard InChI is InChI=1S/C18H13F2N3O2/c19-13-3-1-12(2-4-13)16-9-18(25)23(11-21-16)10-17(24)22-15-7-5-14(20)6-8-15/h1-9,11H,10H2,(H,22,24). The second-order valence-corrected chi connectivity index (χ2v) is 5.30. The number of amides is 1. The molecule has 0 unspecified atom stereocenters. The molecule has 1 heterocycles. The second-order valence-electron chi connectivity index (χ2n) is 5.30. The van der Waals surface area contributed by atoms with Gasteiger partial charge in [-0.05, 0) is 48.5 Å². The van der Waals surface area contributed by atoms with Crippen molar-refractivity contribution in [2.24, 2.45) is 0 Å². The zero-order chi connectivity index (χ0) is 17.8. The molecule has 126 valence electrons. The van der Waals surface area contributed by atoms with E-state index in [4.69, 9.17) is 0 Å². The van der Waals surface area contributed by atoms with Crippen LogP contribution in [-0.2, 0) is 11.3 Å². The topological polar surface area (TPSA) is 64.0 Å². The Labute approximate surface area is 141 Å². The maximum atomic E-state index is 12.9. The van der Waals surface area contributed by atoms with Crippen molar-refractivity contribution < 1.29 is 13.6 Å². The van der Waals surface area contributed by atoms with Crippen molar-refractivity contribution in [3.05, 3.63) is 82.9 Å². The maximum absolute atomic E-state index is 12.9. The Kier molecular flexibility index (Phi) is 4.65. The molecule has 0 atom stereocenters. The van der Waals surface area contributed by atoms with Crippen LogP contribution in [0.1, 0.15) is 0 Å². The summed E-state index contributed by atoms with van der Waals surface area (Å²) < 4.78 is 26.9. The largest absolute Gasteiger partial charge is 0.325 e. The van der Waals surface area contributed by atoms with Crippen LogP contribution < -0.4 is 10.9 Å². The van der Waals surface area contributed by atoms with Crippen LogP contribution in [0.15, 0.2) is 65.7 Å². The lowest BCUT2D eigenvalue weighted by Gasteiger charge is -2.08. The fourth-order valence-corrected chi connectivity index (χ4v) is 2.21. The Morgan fingerprint density at radius 3 is 2.20 bits per heavy atom. The number of carbonyl (C=O) groups excluding carboxylic acids is 1. The fraction of sp³-hybridized carbons (Fsp3) is 0.0556. The third-order valence-electron chi connectivity index (χ3n) is 3.46. The Hall–Kier alpha value is -3.35. The van der Waals surface area contributed by atoms with Crippen LogP contribution >= 0.6 is 0 Å². The average Bonchev–Trinajstić information content (AvgIpc) is 2.59.